The summed E-state index contributed by atoms with van der Waals surface area (Å²) in [5.74, 6) is 1.65. The summed E-state index contributed by atoms with van der Waals surface area (Å²) in [5.41, 5.74) is 13.2. The Labute approximate surface area is 383 Å². The number of morpholine rings is 2. The van der Waals surface area contributed by atoms with E-state index in [4.69, 9.17) is 53.6 Å². The van der Waals surface area contributed by atoms with Gasteiger partial charge in [0.25, 0.3) is 11.8 Å². The Morgan fingerprint density at radius 2 is 1.25 bits per heavy atom. The van der Waals surface area contributed by atoms with Crippen LogP contribution in [0.4, 0.5) is 16.2 Å². The topological polar surface area (TPSA) is 189 Å². The normalized spacial score (nSPS) is 20.2. The van der Waals surface area contributed by atoms with Crippen molar-refractivity contribution >= 4 is 52.4 Å². The smallest absolute Gasteiger partial charge is 0.320 e. The number of nitrogens with two attached hydrogens (primary N) is 2. The van der Waals surface area contributed by atoms with Crippen molar-refractivity contribution in [1.82, 2.24) is 35.6 Å². The zero-order valence-corrected chi connectivity index (χ0v) is 38.8. The summed E-state index contributed by atoms with van der Waals surface area (Å²) < 4.78 is 22.9. The van der Waals surface area contributed by atoms with Gasteiger partial charge < -0.3 is 56.2 Å². The van der Waals surface area contributed by atoms with E-state index in [-0.39, 0.29) is 30.1 Å². The third-order valence-electron chi connectivity index (χ3n) is 11.8. The Morgan fingerprint density at radius 1 is 0.794 bits per heavy atom. The number of carbonyl (C=O) groups is 3. The van der Waals surface area contributed by atoms with Crippen LogP contribution in [0, 0.1) is 11.8 Å². The Kier molecular flexibility index (Phi) is 20.2. The molecule has 350 valence electrons. The molecule has 2 atom stereocenters. The van der Waals surface area contributed by atoms with Crippen LogP contribution in [0.1, 0.15) is 60.2 Å². The third kappa shape index (κ3) is 15.3. The van der Waals surface area contributed by atoms with Crippen LogP contribution in [0.15, 0.2) is 36.9 Å². The first kappa shape index (κ1) is 50.0. The highest BCUT2D eigenvalue weighted by Gasteiger charge is 2.29. The number of ether oxygens (including phenoxy) is 4. The first-order chi connectivity index (χ1) is 30.4. The van der Waals surface area contributed by atoms with E-state index >= 15 is 0 Å². The van der Waals surface area contributed by atoms with Crippen LogP contribution in [0.3, 0.4) is 0 Å². The third-order valence-corrected chi connectivity index (χ3v) is 12.5. The summed E-state index contributed by atoms with van der Waals surface area (Å²) in [6.07, 6.45) is 6.08. The lowest BCUT2D eigenvalue weighted by molar-refractivity contribution is -0.0331. The average Bonchev–Trinajstić information content (AvgIpc) is 3.28. The Hall–Kier alpha value is -4.03. The monoisotopic (exact) mass is 917 g/mol. The molecule has 0 radical (unpaired) electrons. The van der Waals surface area contributed by atoms with E-state index in [1.54, 1.807) is 29.2 Å². The molecule has 6 rings (SSSR count). The number of nitrogens with one attached hydrogen (secondary N) is 3. The van der Waals surface area contributed by atoms with Crippen LogP contribution in [0.2, 0.25) is 10.0 Å². The maximum Gasteiger partial charge on any atom is 0.320 e. The average molecular weight is 919 g/mol. The van der Waals surface area contributed by atoms with Crippen molar-refractivity contribution in [2.75, 3.05) is 130 Å². The molecule has 16 nitrogen and oxygen atoms in total. The Bertz CT molecular complexity index is 1810. The van der Waals surface area contributed by atoms with E-state index in [1.807, 2.05) is 25.8 Å². The zero-order valence-electron chi connectivity index (χ0n) is 37.3. The molecule has 2 unspecified atom stereocenters. The highest BCUT2D eigenvalue weighted by atomic mass is 35.5. The fourth-order valence-corrected chi connectivity index (χ4v) is 8.73. The number of urea groups is 1. The quantitative estimate of drug-likeness (QED) is 0.118. The van der Waals surface area contributed by atoms with Crippen LogP contribution in [-0.4, -0.2) is 168 Å². The lowest BCUT2D eigenvalue weighted by Crippen LogP contribution is -2.50. The van der Waals surface area contributed by atoms with Crippen molar-refractivity contribution < 1.29 is 33.3 Å². The molecule has 4 aliphatic rings. The first-order valence-electron chi connectivity index (χ1n) is 22.4. The molecule has 0 bridgehead atoms. The molecule has 7 N–H and O–H groups in total. The van der Waals surface area contributed by atoms with Gasteiger partial charge in [0.2, 0.25) is 0 Å². The molecule has 2 aromatic rings. The number of rotatable bonds is 16. The Morgan fingerprint density at radius 3 is 1.70 bits per heavy atom. The van der Waals surface area contributed by atoms with Crippen LogP contribution >= 0.6 is 23.2 Å². The van der Waals surface area contributed by atoms with E-state index < -0.39 is 0 Å². The van der Waals surface area contributed by atoms with Gasteiger partial charge in [-0.25, -0.2) is 4.79 Å². The van der Waals surface area contributed by atoms with Crippen LogP contribution in [0.5, 0.6) is 11.5 Å². The van der Waals surface area contributed by atoms with Crippen molar-refractivity contribution in [1.29, 1.82) is 0 Å². The van der Waals surface area contributed by atoms with E-state index in [0.29, 0.717) is 96.0 Å². The van der Waals surface area contributed by atoms with Gasteiger partial charge in [0, 0.05) is 91.2 Å². The van der Waals surface area contributed by atoms with Crippen LogP contribution in [0.25, 0.3) is 0 Å². The van der Waals surface area contributed by atoms with Crippen molar-refractivity contribution in [3.05, 3.63) is 58.1 Å². The van der Waals surface area contributed by atoms with Gasteiger partial charge in [-0.15, -0.1) is 6.58 Å². The lowest BCUT2D eigenvalue weighted by atomic mass is 9.96. The molecule has 0 spiro atoms. The number of halogens is 2. The minimum Gasteiger partial charge on any atom is -0.493 e. The highest BCUT2D eigenvalue weighted by molar-refractivity contribution is 6.34. The van der Waals surface area contributed by atoms with E-state index in [1.165, 1.54) is 18.9 Å². The summed E-state index contributed by atoms with van der Waals surface area (Å²) >= 11 is 12.2. The summed E-state index contributed by atoms with van der Waals surface area (Å²) in [7, 11) is 1.81. The molecule has 4 amide bonds. The number of nitrogen functional groups attached to an aromatic ring is 2. The molecule has 4 heterocycles. The summed E-state index contributed by atoms with van der Waals surface area (Å²) in [6, 6.07) is 6.34. The molecule has 0 aliphatic carbocycles. The molecule has 4 fully saturated rings. The first-order valence-corrected chi connectivity index (χ1v) is 23.1. The predicted octanol–water partition coefficient (Wildman–Crippen LogP) is 4.45. The standard InChI is InChI=1S/C25H38ClN5O4.C20H31ClN4O3/c1-4-8-29(3)25(33)31-9-6-18(7-10-31)16-30-11-12-35-19(17-30)15-28-24(32)20-13-21(26)22(27)14-23(20)34-5-2;1-2-27-19-10-18(22)17(21)9-16(19)20(26)24-11-15-13-25(7-8-28-15)12-14-3-5-23-6-4-14/h4,13-14,18-19H,1,5-12,15-17,27H2,2-3H3,(H,28,32);9-10,14-15,23H,2-8,11-13,22H2,1H3,(H,24,26). The van der Waals surface area contributed by atoms with Gasteiger partial charge in [-0.05, 0) is 76.6 Å². The molecule has 4 aliphatic heterocycles. The number of hydrogen-bond acceptors (Lipinski definition) is 12. The molecular weight excluding hydrogens is 849 g/mol. The minimum atomic E-state index is -0.269. The number of likely N-dealkylation sites (N-methyl/N-ethyl adjacent to an activating group) is 1. The van der Waals surface area contributed by atoms with E-state index in [9.17, 15) is 14.4 Å². The van der Waals surface area contributed by atoms with Gasteiger partial charge in [-0.1, -0.05) is 29.3 Å². The van der Waals surface area contributed by atoms with Crippen molar-refractivity contribution in [3.63, 3.8) is 0 Å². The van der Waals surface area contributed by atoms with Crippen LogP contribution < -0.4 is 36.9 Å². The molecule has 18 heteroatoms. The van der Waals surface area contributed by atoms with Crippen molar-refractivity contribution in [2.45, 2.75) is 51.7 Å². The summed E-state index contributed by atoms with van der Waals surface area (Å²) in [5, 5.41) is 9.98. The number of carbonyl (C=O) groups excluding carboxylic acids is 3. The van der Waals surface area contributed by atoms with Crippen molar-refractivity contribution in [3.8, 4) is 11.5 Å². The molecule has 63 heavy (non-hydrogen) atoms. The fraction of sp³-hybridized carbons (Fsp3) is 0.622. The summed E-state index contributed by atoms with van der Waals surface area (Å²) in [4.78, 5) is 46.5. The minimum absolute atomic E-state index is 0.0146. The molecule has 2 aromatic carbocycles. The number of nitrogens with zero attached hydrogens (tertiary/aromatic N) is 4. The second-order valence-corrected chi connectivity index (χ2v) is 17.4. The maximum atomic E-state index is 12.8. The second-order valence-electron chi connectivity index (χ2n) is 16.6. The van der Waals surface area contributed by atoms with E-state index in [2.05, 4.69) is 32.3 Å². The number of piperidine rings is 2. The van der Waals surface area contributed by atoms with Gasteiger partial charge in [-0.3, -0.25) is 19.4 Å². The van der Waals surface area contributed by atoms with E-state index in [0.717, 1.165) is 84.2 Å². The largest absolute Gasteiger partial charge is 0.493 e. The maximum absolute atomic E-state index is 12.8. The second kappa shape index (κ2) is 25.5. The van der Waals surface area contributed by atoms with Gasteiger partial charge >= 0.3 is 6.03 Å². The van der Waals surface area contributed by atoms with Gasteiger partial charge in [0.1, 0.15) is 11.5 Å². The molecular formula is C45H69Cl2N9O7. The zero-order chi connectivity index (χ0) is 45.3. The Balaban J connectivity index is 0.000000243. The number of benzene rings is 2. The lowest BCUT2D eigenvalue weighted by Gasteiger charge is -2.39. The van der Waals surface area contributed by atoms with Crippen LogP contribution in [-0.2, 0) is 9.47 Å². The van der Waals surface area contributed by atoms with Gasteiger partial charge in [-0.2, -0.15) is 0 Å². The SMILES string of the molecule is C=CCN(C)C(=O)N1CCC(CN2CCOC(CNC(=O)c3cc(Cl)c(N)cc3OCC)C2)CC1.CCOc1cc(N)c(Cl)cc1C(=O)NCC1CN(CC2CCNCC2)CCO1. The highest BCUT2D eigenvalue weighted by Crippen LogP contribution is 2.30. The van der Waals surface area contributed by atoms with Gasteiger partial charge in [0.05, 0.1) is 71.2 Å². The number of hydrogen-bond donors (Lipinski definition) is 5. The molecule has 4 saturated heterocycles. The number of amides is 4. The fourth-order valence-electron chi connectivity index (χ4n) is 8.40. The van der Waals surface area contributed by atoms with Crippen molar-refractivity contribution in [2.24, 2.45) is 11.8 Å². The number of likely N-dealkylation sites (tertiary alicyclic amines) is 1. The number of anilines is 2. The van der Waals surface area contributed by atoms with Gasteiger partial charge in [0.15, 0.2) is 0 Å². The predicted molar refractivity (Wildman–Crippen MR) is 249 cm³/mol. The molecule has 0 saturated carbocycles. The molecule has 0 aromatic heterocycles. The summed E-state index contributed by atoms with van der Waals surface area (Å²) in [6.45, 7) is 20.3.